The van der Waals surface area contributed by atoms with E-state index in [1.165, 1.54) is 10.2 Å². The van der Waals surface area contributed by atoms with Crippen LogP contribution in [0.2, 0.25) is 0 Å². The van der Waals surface area contributed by atoms with E-state index in [1.54, 1.807) is 6.20 Å². The van der Waals surface area contributed by atoms with Gasteiger partial charge < -0.3 is 5.73 Å². The van der Waals surface area contributed by atoms with Gasteiger partial charge in [0, 0.05) is 12.6 Å². The molecule has 0 radical (unpaired) electrons. The minimum atomic E-state index is -0.424. The first-order valence-corrected chi connectivity index (χ1v) is 6.48. The first kappa shape index (κ1) is 14.2. The highest BCUT2D eigenvalue weighted by atomic mass is 16.1. The number of hydrogen-bond donors (Lipinski definition) is 1. The number of hydrogen-bond acceptors (Lipinski definition) is 4. The number of nitrogens with two attached hydrogens (primary N) is 1. The maximum Gasteiger partial charge on any atom is 0.239 e. The normalized spacial score (nSPS) is 12.6. The van der Waals surface area contributed by atoms with Crippen molar-refractivity contribution in [2.45, 2.75) is 26.1 Å². The third kappa shape index (κ3) is 3.64. The molecule has 0 fully saturated rings. The molecule has 1 amide bonds. The van der Waals surface area contributed by atoms with Crippen LogP contribution in [0.1, 0.15) is 24.2 Å². The summed E-state index contributed by atoms with van der Waals surface area (Å²) in [5, 5.41) is 7.93. The van der Waals surface area contributed by atoms with Crippen LogP contribution in [0.15, 0.2) is 36.5 Å². The van der Waals surface area contributed by atoms with Crippen LogP contribution < -0.4 is 5.73 Å². The van der Waals surface area contributed by atoms with Crippen LogP contribution in [0.3, 0.4) is 0 Å². The Morgan fingerprint density at radius 3 is 2.75 bits per heavy atom. The maximum absolute atomic E-state index is 10.8. The number of amides is 1. The Morgan fingerprint density at radius 2 is 2.10 bits per heavy atom. The molecule has 0 saturated heterocycles. The summed E-state index contributed by atoms with van der Waals surface area (Å²) in [6, 6.07) is 10.5. The summed E-state index contributed by atoms with van der Waals surface area (Å²) in [6.07, 6.45) is 1.75. The highest BCUT2D eigenvalue weighted by Crippen LogP contribution is 2.19. The fraction of sp³-hybridized carbons (Fsp3) is 0.357. The highest BCUT2D eigenvalue weighted by Gasteiger charge is 2.13. The lowest BCUT2D eigenvalue weighted by molar-refractivity contribution is -0.118. The van der Waals surface area contributed by atoms with Crippen molar-refractivity contribution >= 4 is 5.91 Å². The van der Waals surface area contributed by atoms with Gasteiger partial charge in [-0.3, -0.25) is 9.69 Å². The van der Waals surface area contributed by atoms with Gasteiger partial charge in [-0.2, -0.15) is 0 Å². The van der Waals surface area contributed by atoms with E-state index >= 15 is 0 Å². The number of carbonyl (C=O) groups is 1. The minimum absolute atomic E-state index is 0.0605. The summed E-state index contributed by atoms with van der Waals surface area (Å²) < 4.78 is 1.46. The summed E-state index contributed by atoms with van der Waals surface area (Å²) in [6.45, 7) is 2.86. The van der Waals surface area contributed by atoms with Gasteiger partial charge in [0.1, 0.15) is 6.54 Å². The Bertz CT molecular complexity index is 566. The van der Waals surface area contributed by atoms with Crippen LogP contribution in [-0.2, 0) is 17.9 Å². The second-order valence-corrected chi connectivity index (χ2v) is 4.88. The quantitative estimate of drug-likeness (QED) is 0.850. The fourth-order valence-electron chi connectivity index (χ4n) is 2.03. The van der Waals surface area contributed by atoms with Crippen LogP contribution in [0.5, 0.6) is 0 Å². The molecule has 2 N–H and O–H groups in total. The molecule has 1 aromatic carbocycles. The predicted octanol–water partition coefficient (Wildman–Crippen LogP) is 0.956. The first-order valence-electron chi connectivity index (χ1n) is 6.48. The summed E-state index contributed by atoms with van der Waals surface area (Å²) in [5.74, 6) is -0.424. The average Bonchev–Trinajstić information content (AvgIpc) is 2.85. The molecule has 2 rings (SSSR count). The van der Waals surface area contributed by atoms with Gasteiger partial charge in [0.05, 0.1) is 11.9 Å². The summed E-state index contributed by atoms with van der Waals surface area (Å²) >= 11 is 0. The fourth-order valence-corrected chi connectivity index (χ4v) is 2.03. The molecule has 2 aromatic rings. The molecule has 106 valence electrons. The van der Waals surface area contributed by atoms with Gasteiger partial charge in [-0.25, -0.2) is 4.68 Å². The smallest absolute Gasteiger partial charge is 0.239 e. The molecule has 20 heavy (non-hydrogen) atoms. The lowest BCUT2D eigenvalue weighted by Crippen LogP contribution is -2.22. The van der Waals surface area contributed by atoms with Crippen molar-refractivity contribution in [2.24, 2.45) is 5.73 Å². The van der Waals surface area contributed by atoms with Gasteiger partial charge in [-0.05, 0) is 19.5 Å². The molecule has 0 aliphatic rings. The van der Waals surface area contributed by atoms with E-state index in [1.807, 2.05) is 25.2 Å². The molecule has 0 spiro atoms. The predicted molar refractivity (Wildman–Crippen MR) is 75.5 cm³/mol. The molecule has 0 bridgehead atoms. The van der Waals surface area contributed by atoms with Crippen molar-refractivity contribution in [1.29, 1.82) is 0 Å². The largest absolute Gasteiger partial charge is 0.368 e. The van der Waals surface area contributed by atoms with E-state index in [-0.39, 0.29) is 12.6 Å². The zero-order valence-corrected chi connectivity index (χ0v) is 11.7. The monoisotopic (exact) mass is 273 g/mol. The molecule has 0 saturated carbocycles. The van der Waals surface area contributed by atoms with Crippen LogP contribution in [0.25, 0.3) is 0 Å². The summed E-state index contributed by atoms with van der Waals surface area (Å²) in [4.78, 5) is 13.0. The number of rotatable bonds is 6. The Labute approximate surface area is 118 Å². The molecule has 6 nitrogen and oxygen atoms in total. The Morgan fingerprint density at radius 1 is 1.40 bits per heavy atom. The van der Waals surface area contributed by atoms with E-state index in [9.17, 15) is 4.79 Å². The molecular formula is C14H19N5O. The van der Waals surface area contributed by atoms with E-state index in [0.29, 0.717) is 6.54 Å². The maximum atomic E-state index is 10.8. The van der Waals surface area contributed by atoms with E-state index in [4.69, 9.17) is 5.73 Å². The summed E-state index contributed by atoms with van der Waals surface area (Å²) in [7, 11) is 2.03. The number of nitrogens with zero attached hydrogens (tertiary/aromatic N) is 4. The van der Waals surface area contributed by atoms with Crippen LogP contribution in [0, 0.1) is 0 Å². The van der Waals surface area contributed by atoms with Gasteiger partial charge >= 0.3 is 0 Å². The van der Waals surface area contributed by atoms with Gasteiger partial charge in [0.2, 0.25) is 5.91 Å². The second-order valence-electron chi connectivity index (χ2n) is 4.88. The third-order valence-electron chi connectivity index (χ3n) is 3.26. The topological polar surface area (TPSA) is 77.0 Å². The Balaban J connectivity index is 1.99. The molecule has 1 atom stereocenters. The molecule has 0 aliphatic carbocycles. The van der Waals surface area contributed by atoms with Gasteiger partial charge in [0.25, 0.3) is 0 Å². The van der Waals surface area contributed by atoms with Crippen molar-refractivity contribution in [3.8, 4) is 0 Å². The lowest BCUT2D eigenvalue weighted by Gasteiger charge is -2.23. The minimum Gasteiger partial charge on any atom is -0.368 e. The van der Waals surface area contributed by atoms with Crippen molar-refractivity contribution in [3.05, 3.63) is 47.8 Å². The molecule has 6 heteroatoms. The molecular weight excluding hydrogens is 254 g/mol. The third-order valence-corrected chi connectivity index (χ3v) is 3.26. The van der Waals surface area contributed by atoms with Gasteiger partial charge in [0.15, 0.2) is 0 Å². The van der Waals surface area contributed by atoms with Gasteiger partial charge in [-0.1, -0.05) is 35.5 Å². The van der Waals surface area contributed by atoms with Crippen molar-refractivity contribution in [2.75, 3.05) is 7.05 Å². The lowest BCUT2D eigenvalue weighted by atomic mass is 10.1. The molecule has 0 aliphatic heterocycles. The zero-order chi connectivity index (χ0) is 14.5. The SMILES string of the molecule is CC(c1ccccc1)N(C)Cc1cn(CC(N)=O)nn1. The Kier molecular flexibility index (Phi) is 4.47. The molecule has 1 aromatic heterocycles. The number of benzene rings is 1. The van der Waals surface area contributed by atoms with Crippen molar-refractivity contribution < 1.29 is 4.79 Å². The van der Waals surface area contributed by atoms with E-state index in [2.05, 4.69) is 34.3 Å². The van der Waals surface area contributed by atoms with Crippen LogP contribution in [-0.4, -0.2) is 32.8 Å². The van der Waals surface area contributed by atoms with E-state index < -0.39 is 5.91 Å². The zero-order valence-electron chi connectivity index (χ0n) is 11.7. The standard InChI is InChI=1S/C14H19N5O/c1-11(12-6-4-3-5-7-12)18(2)8-13-9-19(17-16-13)10-14(15)20/h3-7,9,11H,8,10H2,1-2H3,(H2,15,20). The number of carbonyl (C=O) groups excluding carboxylic acids is 1. The summed E-state index contributed by atoms with van der Waals surface area (Å²) in [5.41, 5.74) is 7.19. The average molecular weight is 273 g/mol. The Hall–Kier alpha value is -2.21. The van der Waals surface area contributed by atoms with Crippen molar-refractivity contribution in [3.63, 3.8) is 0 Å². The van der Waals surface area contributed by atoms with Crippen LogP contribution >= 0.6 is 0 Å². The number of aromatic nitrogens is 3. The van der Waals surface area contributed by atoms with Gasteiger partial charge in [-0.15, -0.1) is 5.10 Å². The van der Waals surface area contributed by atoms with Crippen molar-refractivity contribution in [1.82, 2.24) is 19.9 Å². The number of primary amides is 1. The van der Waals surface area contributed by atoms with E-state index in [0.717, 1.165) is 5.69 Å². The highest BCUT2D eigenvalue weighted by molar-refractivity contribution is 5.73. The molecule has 1 heterocycles. The molecule has 1 unspecified atom stereocenters. The van der Waals surface area contributed by atoms with Crippen LogP contribution in [0.4, 0.5) is 0 Å². The first-order chi connectivity index (χ1) is 9.56. The second kappa shape index (κ2) is 6.29.